The van der Waals surface area contributed by atoms with Crippen molar-refractivity contribution in [2.45, 2.75) is 32.1 Å². The highest BCUT2D eigenvalue weighted by atomic mass is 35.5. The predicted molar refractivity (Wildman–Crippen MR) is 112 cm³/mol. The minimum absolute atomic E-state index is 0.435. The highest BCUT2D eigenvalue weighted by molar-refractivity contribution is 6.29. The largest absolute Gasteiger partial charge is 0.340 e. The van der Waals surface area contributed by atoms with Crippen molar-refractivity contribution < 1.29 is 0 Å². The highest BCUT2D eigenvalue weighted by Crippen LogP contribution is 2.42. The molecule has 5 rings (SSSR count). The predicted octanol–water partition coefficient (Wildman–Crippen LogP) is 6.16. The average molecular weight is 374 g/mol. The van der Waals surface area contributed by atoms with Crippen LogP contribution in [0.5, 0.6) is 0 Å². The number of rotatable bonds is 2. The second-order valence-corrected chi connectivity index (χ2v) is 7.74. The van der Waals surface area contributed by atoms with Crippen LogP contribution in [-0.4, -0.2) is 9.97 Å². The molecular formula is C23H20ClN3. The molecule has 3 nitrogen and oxygen atoms in total. The van der Waals surface area contributed by atoms with Crippen LogP contribution in [0.25, 0.3) is 17.2 Å². The van der Waals surface area contributed by atoms with Crippen molar-refractivity contribution in [3.8, 4) is 11.1 Å². The lowest BCUT2D eigenvalue weighted by Crippen LogP contribution is -2.12. The first-order valence-corrected chi connectivity index (χ1v) is 9.77. The number of nitrogens with zero attached hydrogens (tertiary/aromatic N) is 2. The van der Waals surface area contributed by atoms with Gasteiger partial charge in [0.2, 0.25) is 0 Å². The zero-order valence-electron chi connectivity index (χ0n) is 15.2. The Kier molecular flexibility index (Phi) is 3.98. The molecule has 27 heavy (non-hydrogen) atoms. The van der Waals surface area contributed by atoms with Gasteiger partial charge in [-0.25, -0.2) is 9.97 Å². The van der Waals surface area contributed by atoms with Crippen molar-refractivity contribution in [1.29, 1.82) is 0 Å². The molecule has 1 N–H and O–H groups in total. The van der Waals surface area contributed by atoms with Crippen LogP contribution in [0.15, 0.2) is 48.8 Å². The third-order valence-corrected chi connectivity index (χ3v) is 5.83. The van der Waals surface area contributed by atoms with Gasteiger partial charge in [-0.05, 0) is 70.7 Å². The first kappa shape index (κ1) is 16.5. The quantitative estimate of drug-likeness (QED) is 0.546. The highest BCUT2D eigenvalue weighted by Gasteiger charge is 2.24. The minimum Gasteiger partial charge on any atom is -0.340 e. The lowest BCUT2D eigenvalue weighted by Gasteiger charge is -2.28. The number of aromatic nitrogens is 2. The first-order valence-electron chi connectivity index (χ1n) is 9.39. The number of nitrogens with one attached hydrogen (secondary N) is 1. The van der Waals surface area contributed by atoms with E-state index in [1.54, 1.807) is 11.6 Å². The molecule has 2 aromatic carbocycles. The van der Waals surface area contributed by atoms with E-state index in [-0.39, 0.29) is 0 Å². The fourth-order valence-electron chi connectivity index (χ4n) is 4.38. The summed E-state index contributed by atoms with van der Waals surface area (Å²) in [5.41, 5.74) is 9.59. The molecule has 0 saturated carbocycles. The number of hydrogen-bond acceptors (Lipinski definition) is 3. The molecule has 0 fully saturated rings. The fraction of sp³-hybridized carbons (Fsp3) is 0.217. The number of aryl methyl sites for hydroxylation is 1. The van der Waals surface area contributed by atoms with Crippen LogP contribution in [0.3, 0.4) is 0 Å². The minimum atomic E-state index is 0.435. The smallest absolute Gasteiger partial charge is 0.135 e. The molecule has 2 aliphatic carbocycles. The van der Waals surface area contributed by atoms with Crippen LogP contribution in [0.2, 0.25) is 5.15 Å². The molecule has 4 heteroatoms. The van der Waals surface area contributed by atoms with E-state index in [0.717, 1.165) is 24.9 Å². The normalized spacial score (nSPS) is 17.0. The number of anilines is 2. The van der Waals surface area contributed by atoms with Crippen molar-refractivity contribution in [3.05, 3.63) is 76.2 Å². The Bertz CT molecular complexity index is 1070. The Labute approximate surface area is 164 Å². The molecule has 0 saturated heterocycles. The number of allylic oxidation sites excluding steroid dienone is 1. The summed E-state index contributed by atoms with van der Waals surface area (Å²) < 4.78 is 0. The van der Waals surface area contributed by atoms with Gasteiger partial charge in [0.15, 0.2) is 0 Å². The summed E-state index contributed by atoms with van der Waals surface area (Å²) in [6.07, 6.45) is 9.39. The Morgan fingerprint density at radius 3 is 2.85 bits per heavy atom. The molecule has 0 radical (unpaired) electrons. The lowest BCUT2D eigenvalue weighted by atomic mass is 9.76. The van der Waals surface area contributed by atoms with E-state index in [1.165, 1.54) is 34.1 Å². The van der Waals surface area contributed by atoms with E-state index in [0.29, 0.717) is 16.9 Å². The van der Waals surface area contributed by atoms with Crippen LogP contribution in [0.4, 0.5) is 11.5 Å². The molecule has 0 amide bonds. The van der Waals surface area contributed by atoms with E-state index in [1.807, 2.05) is 0 Å². The zero-order valence-corrected chi connectivity index (χ0v) is 15.9. The first-order chi connectivity index (χ1) is 13.2. The molecule has 3 aromatic rings. The Balaban J connectivity index is 1.58. The van der Waals surface area contributed by atoms with Gasteiger partial charge < -0.3 is 5.32 Å². The van der Waals surface area contributed by atoms with Gasteiger partial charge in [-0.2, -0.15) is 0 Å². The fourth-order valence-corrected chi connectivity index (χ4v) is 4.53. The Morgan fingerprint density at radius 1 is 1.04 bits per heavy atom. The summed E-state index contributed by atoms with van der Waals surface area (Å²) in [6.45, 7) is 2.34. The third kappa shape index (κ3) is 2.92. The second kappa shape index (κ2) is 6.50. The van der Waals surface area contributed by atoms with Crippen molar-refractivity contribution in [2.24, 2.45) is 0 Å². The van der Waals surface area contributed by atoms with E-state index >= 15 is 0 Å². The van der Waals surface area contributed by atoms with Crippen molar-refractivity contribution >= 4 is 29.2 Å². The summed E-state index contributed by atoms with van der Waals surface area (Å²) in [7, 11) is 0. The number of fused-ring (bicyclic) bond motifs is 5. The summed E-state index contributed by atoms with van der Waals surface area (Å²) in [5, 5.41) is 3.78. The standard InChI is InChI=1S/C23H20ClN3/c1-14-3-2-4-16-7-9-18-19(23(14)16)10-6-15-5-8-17(11-20(15)18)27-22-12-21(24)25-13-26-22/h2,4-5,7-9,11-14H,3,6,10H2,1H3,(H,25,26,27)/t14-/m1/s1. The van der Waals surface area contributed by atoms with Crippen LogP contribution in [-0.2, 0) is 12.8 Å². The van der Waals surface area contributed by atoms with Gasteiger partial charge in [-0.1, -0.05) is 48.9 Å². The Morgan fingerprint density at radius 2 is 1.96 bits per heavy atom. The van der Waals surface area contributed by atoms with Gasteiger partial charge in [0.05, 0.1) is 0 Å². The van der Waals surface area contributed by atoms with Gasteiger partial charge in [-0.15, -0.1) is 0 Å². The van der Waals surface area contributed by atoms with Crippen LogP contribution >= 0.6 is 11.6 Å². The van der Waals surface area contributed by atoms with Crippen molar-refractivity contribution in [3.63, 3.8) is 0 Å². The summed E-state index contributed by atoms with van der Waals surface area (Å²) in [4.78, 5) is 8.18. The molecule has 0 bridgehead atoms. The molecule has 0 unspecified atom stereocenters. The maximum atomic E-state index is 5.98. The average Bonchev–Trinajstić information content (AvgIpc) is 2.67. The number of hydrogen-bond donors (Lipinski definition) is 1. The summed E-state index contributed by atoms with van der Waals surface area (Å²) in [6, 6.07) is 12.9. The Hall–Kier alpha value is -2.65. The molecule has 1 atom stereocenters. The third-order valence-electron chi connectivity index (χ3n) is 5.62. The van der Waals surface area contributed by atoms with Gasteiger partial charge in [-0.3, -0.25) is 0 Å². The molecule has 1 aromatic heterocycles. The van der Waals surface area contributed by atoms with Crippen molar-refractivity contribution in [1.82, 2.24) is 9.97 Å². The van der Waals surface area contributed by atoms with Gasteiger partial charge in [0.1, 0.15) is 17.3 Å². The maximum absolute atomic E-state index is 5.98. The lowest BCUT2D eigenvalue weighted by molar-refractivity contribution is 0.750. The summed E-state index contributed by atoms with van der Waals surface area (Å²) >= 11 is 5.98. The van der Waals surface area contributed by atoms with Gasteiger partial charge in [0.25, 0.3) is 0 Å². The molecule has 134 valence electrons. The van der Waals surface area contributed by atoms with Crippen LogP contribution in [0, 0.1) is 0 Å². The van der Waals surface area contributed by atoms with E-state index < -0.39 is 0 Å². The van der Waals surface area contributed by atoms with E-state index in [2.05, 4.69) is 64.7 Å². The molecule has 0 spiro atoms. The van der Waals surface area contributed by atoms with Crippen molar-refractivity contribution in [2.75, 3.05) is 5.32 Å². The molecule has 0 aliphatic heterocycles. The molecule has 2 aliphatic rings. The van der Waals surface area contributed by atoms with E-state index in [4.69, 9.17) is 11.6 Å². The molecule has 1 heterocycles. The number of halogens is 1. The second-order valence-electron chi connectivity index (χ2n) is 7.36. The van der Waals surface area contributed by atoms with Gasteiger partial charge in [0, 0.05) is 11.8 Å². The number of benzene rings is 2. The van der Waals surface area contributed by atoms with Gasteiger partial charge >= 0.3 is 0 Å². The van der Waals surface area contributed by atoms with Crippen LogP contribution in [0.1, 0.15) is 41.5 Å². The topological polar surface area (TPSA) is 37.8 Å². The monoisotopic (exact) mass is 373 g/mol. The van der Waals surface area contributed by atoms with Crippen LogP contribution < -0.4 is 5.32 Å². The SMILES string of the molecule is C[C@@H]1CC=Cc2ccc3c(c21)CCc1ccc(Nc2cc(Cl)ncn2)cc1-3. The summed E-state index contributed by atoms with van der Waals surface area (Å²) in [5.74, 6) is 1.29. The zero-order chi connectivity index (χ0) is 18.4. The molecular weight excluding hydrogens is 354 g/mol. The maximum Gasteiger partial charge on any atom is 0.135 e. The van der Waals surface area contributed by atoms with E-state index in [9.17, 15) is 0 Å².